The molecule has 14 aromatic rings. The van der Waals surface area contributed by atoms with E-state index in [4.69, 9.17) is 8.83 Å². The van der Waals surface area contributed by atoms with Gasteiger partial charge in [0.1, 0.15) is 11.2 Å². The Bertz CT molecular complexity index is 4010. The number of benzene rings is 9. The zero-order chi connectivity index (χ0) is 37.6. The van der Waals surface area contributed by atoms with Gasteiger partial charge in [-0.15, -0.1) is 0 Å². The fourth-order valence-electron chi connectivity index (χ4n) is 10.4. The van der Waals surface area contributed by atoms with Gasteiger partial charge in [-0.3, -0.25) is 0 Å². The molecule has 0 N–H and O–H groups in total. The third-order valence-electron chi connectivity index (χ3n) is 12.6. The molecule has 0 aliphatic heterocycles. The van der Waals surface area contributed by atoms with E-state index in [0.29, 0.717) is 0 Å². The van der Waals surface area contributed by atoms with Gasteiger partial charge in [0.25, 0.3) is 0 Å². The maximum absolute atomic E-state index is 6.89. The molecule has 0 radical (unpaired) electrons. The minimum absolute atomic E-state index is 0.874. The number of hydrogen-bond acceptors (Lipinski definition) is 2. The van der Waals surface area contributed by atoms with Crippen molar-refractivity contribution in [2.75, 3.05) is 0 Å². The first-order chi connectivity index (χ1) is 28.8. The first kappa shape index (κ1) is 30.4. The van der Waals surface area contributed by atoms with Crippen LogP contribution in [0.2, 0.25) is 0 Å². The molecule has 0 amide bonds. The van der Waals surface area contributed by atoms with E-state index in [0.717, 1.165) is 77.2 Å². The van der Waals surface area contributed by atoms with Crippen LogP contribution in [0.1, 0.15) is 0 Å². The second-order valence-electron chi connectivity index (χ2n) is 15.5. The molecule has 4 nitrogen and oxygen atoms in total. The number of para-hydroxylation sites is 5. The van der Waals surface area contributed by atoms with Crippen molar-refractivity contribution in [2.45, 2.75) is 0 Å². The molecule has 0 spiro atoms. The van der Waals surface area contributed by atoms with Gasteiger partial charge in [0.2, 0.25) is 0 Å². The quantitative estimate of drug-likeness (QED) is 0.181. The third kappa shape index (κ3) is 3.70. The van der Waals surface area contributed by atoms with Gasteiger partial charge in [-0.2, -0.15) is 0 Å². The van der Waals surface area contributed by atoms with Gasteiger partial charge in [0.15, 0.2) is 11.2 Å². The van der Waals surface area contributed by atoms with E-state index >= 15 is 0 Å². The minimum Gasteiger partial charge on any atom is -0.454 e. The third-order valence-corrected chi connectivity index (χ3v) is 12.6. The van der Waals surface area contributed by atoms with Crippen molar-refractivity contribution >= 4 is 104 Å². The first-order valence-electron chi connectivity index (χ1n) is 19.9. The monoisotopic (exact) mass is 738 g/mol. The van der Waals surface area contributed by atoms with Crippen molar-refractivity contribution in [3.63, 3.8) is 0 Å². The predicted molar refractivity (Wildman–Crippen MR) is 241 cm³/mol. The molecule has 0 saturated carbocycles. The molecule has 58 heavy (non-hydrogen) atoms. The second kappa shape index (κ2) is 10.9. The highest BCUT2D eigenvalue weighted by Gasteiger charge is 2.31. The molecule has 0 unspecified atom stereocenters. The number of hydrogen-bond donors (Lipinski definition) is 0. The molecule has 0 atom stereocenters. The van der Waals surface area contributed by atoms with E-state index in [1.54, 1.807) is 0 Å². The Hall–Kier alpha value is -7.82. The van der Waals surface area contributed by atoms with E-state index in [1.807, 2.05) is 6.07 Å². The molecule has 268 valence electrons. The van der Waals surface area contributed by atoms with Gasteiger partial charge in [-0.25, -0.2) is 0 Å². The Morgan fingerprint density at radius 3 is 1.55 bits per heavy atom. The lowest BCUT2D eigenvalue weighted by Crippen LogP contribution is -1.98. The predicted octanol–water partition coefficient (Wildman–Crippen LogP) is 15.1. The summed E-state index contributed by atoms with van der Waals surface area (Å²) in [5, 5.41) is 11.7. The summed E-state index contributed by atoms with van der Waals surface area (Å²) < 4.78 is 18.7. The molecule has 9 aromatic carbocycles. The number of aromatic nitrogens is 2. The van der Waals surface area contributed by atoms with Crippen LogP contribution in [0.4, 0.5) is 0 Å². The zero-order valence-electron chi connectivity index (χ0n) is 31.0. The molecule has 5 heterocycles. The van der Waals surface area contributed by atoms with Gasteiger partial charge in [-0.05, 0) is 41.5 Å². The van der Waals surface area contributed by atoms with Crippen molar-refractivity contribution in [3.8, 4) is 27.9 Å². The normalized spacial score (nSPS) is 12.5. The van der Waals surface area contributed by atoms with E-state index < -0.39 is 0 Å². The lowest BCUT2D eigenvalue weighted by Gasteiger charge is -2.17. The average molecular weight is 739 g/mol. The highest BCUT2D eigenvalue weighted by Crippen LogP contribution is 2.54. The van der Waals surface area contributed by atoms with Gasteiger partial charge in [0.05, 0.1) is 33.3 Å². The second-order valence-corrected chi connectivity index (χ2v) is 15.5. The Balaban J connectivity index is 1.32. The van der Waals surface area contributed by atoms with Crippen LogP contribution in [-0.2, 0) is 0 Å². The van der Waals surface area contributed by atoms with Gasteiger partial charge >= 0.3 is 0 Å². The highest BCUT2D eigenvalue weighted by molar-refractivity contribution is 6.37. The summed E-state index contributed by atoms with van der Waals surface area (Å²) in [6.45, 7) is 0. The van der Waals surface area contributed by atoms with E-state index in [-0.39, 0.29) is 0 Å². The van der Waals surface area contributed by atoms with Gasteiger partial charge in [-0.1, -0.05) is 152 Å². The van der Waals surface area contributed by atoms with Crippen LogP contribution in [0.5, 0.6) is 0 Å². The van der Waals surface area contributed by atoms with Crippen molar-refractivity contribution in [1.29, 1.82) is 0 Å². The number of fused-ring (bicyclic) bond motifs is 16. The van der Waals surface area contributed by atoms with E-state index in [1.165, 1.54) is 54.5 Å². The van der Waals surface area contributed by atoms with Crippen LogP contribution in [0.25, 0.3) is 132 Å². The summed E-state index contributed by atoms with van der Waals surface area (Å²) in [7, 11) is 0. The molecule has 0 bridgehead atoms. The Morgan fingerprint density at radius 2 is 0.810 bits per heavy atom. The molecule has 0 aliphatic rings. The lowest BCUT2D eigenvalue weighted by molar-refractivity contribution is 0.666. The zero-order valence-corrected chi connectivity index (χ0v) is 31.0. The smallest absolute Gasteiger partial charge is 0.160 e. The van der Waals surface area contributed by atoms with Crippen molar-refractivity contribution in [3.05, 3.63) is 182 Å². The topological polar surface area (TPSA) is 35.6 Å². The SMILES string of the molecule is c1ccc(-c2c3c4cccc5c6ccc7c8ccccc8oc7c6n(c3c(-c3ccccc3)c3c6ccccc6n(-c6cccc7c6oc6ccccc67)c23)c54)cc1. The van der Waals surface area contributed by atoms with Crippen molar-refractivity contribution in [1.82, 2.24) is 8.97 Å². The van der Waals surface area contributed by atoms with Crippen LogP contribution in [0.3, 0.4) is 0 Å². The molecule has 0 fully saturated rings. The maximum atomic E-state index is 6.89. The number of furan rings is 2. The van der Waals surface area contributed by atoms with Crippen molar-refractivity contribution < 1.29 is 8.83 Å². The Labute approximate surface area is 330 Å². The van der Waals surface area contributed by atoms with E-state index in [2.05, 4.69) is 185 Å². The maximum Gasteiger partial charge on any atom is 0.160 e. The van der Waals surface area contributed by atoms with E-state index in [9.17, 15) is 0 Å². The molecular weight excluding hydrogens is 709 g/mol. The summed E-state index contributed by atoms with van der Waals surface area (Å²) in [5.41, 5.74) is 15.0. The molecule has 4 heteroatoms. The average Bonchev–Trinajstić information content (AvgIpc) is 4.09. The molecular formula is C54H30N2O2. The molecule has 0 aliphatic carbocycles. The fourth-order valence-corrected chi connectivity index (χ4v) is 10.4. The van der Waals surface area contributed by atoms with Crippen molar-refractivity contribution in [2.24, 2.45) is 0 Å². The van der Waals surface area contributed by atoms with Gasteiger partial charge < -0.3 is 17.8 Å². The summed E-state index contributed by atoms with van der Waals surface area (Å²) in [5.74, 6) is 0. The lowest BCUT2D eigenvalue weighted by atomic mass is 9.89. The van der Waals surface area contributed by atoms with Gasteiger partial charge in [0, 0.05) is 65.0 Å². The van der Waals surface area contributed by atoms with Crippen LogP contribution >= 0.6 is 0 Å². The van der Waals surface area contributed by atoms with Crippen LogP contribution < -0.4 is 0 Å². The summed E-state index contributed by atoms with van der Waals surface area (Å²) in [6, 6.07) is 65.5. The van der Waals surface area contributed by atoms with Crippen LogP contribution in [0.15, 0.2) is 191 Å². The van der Waals surface area contributed by atoms with Crippen LogP contribution in [-0.4, -0.2) is 8.97 Å². The minimum atomic E-state index is 0.874. The fraction of sp³-hybridized carbons (Fsp3) is 0. The Morgan fingerprint density at radius 1 is 0.310 bits per heavy atom. The number of nitrogens with zero attached hydrogens (tertiary/aromatic N) is 2. The highest BCUT2D eigenvalue weighted by atomic mass is 16.3. The molecule has 0 saturated heterocycles. The standard InChI is InChI=1S/C54H30N2O2/c1-3-15-31(16-4-1)45-47-39-21-7-10-25-41(39)55(42-26-14-23-37-33-19-8-11-27-43(33)57-53(37)42)51(47)46(32-17-5-2-6-18-32)48-40-24-13-22-35-36-29-30-38-34-20-9-12-28-44(34)58-54(38)50(36)56(49(35)40)52(45)48/h1-30H. The first-order valence-corrected chi connectivity index (χ1v) is 19.9. The summed E-state index contributed by atoms with van der Waals surface area (Å²) in [6.07, 6.45) is 0. The largest absolute Gasteiger partial charge is 0.454 e. The molecule has 14 rings (SSSR count). The number of rotatable bonds is 3. The summed E-state index contributed by atoms with van der Waals surface area (Å²) >= 11 is 0. The molecule has 5 aromatic heterocycles. The Kier molecular flexibility index (Phi) is 5.73. The summed E-state index contributed by atoms with van der Waals surface area (Å²) in [4.78, 5) is 0. The van der Waals surface area contributed by atoms with Crippen LogP contribution in [0, 0.1) is 0 Å².